The molecule has 0 N–H and O–H groups in total. The van der Waals surface area contributed by atoms with Crippen LogP contribution in [-0.4, -0.2) is 11.0 Å². The quantitative estimate of drug-likeness (QED) is 0.342. The Bertz CT molecular complexity index is 591. The van der Waals surface area contributed by atoms with Crippen molar-refractivity contribution in [2.24, 2.45) is 0 Å². The molecule has 18 heavy (non-hydrogen) atoms. The molecule has 0 fully saturated rings. The van der Waals surface area contributed by atoms with Gasteiger partial charge in [-0.15, -0.1) is 0 Å². The second kappa shape index (κ2) is 5.42. The van der Waals surface area contributed by atoms with E-state index in [9.17, 15) is 5.21 Å². The Balaban J connectivity index is 2.39. The van der Waals surface area contributed by atoms with Gasteiger partial charge in [0.25, 0.3) is 0 Å². The van der Waals surface area contributed by atoms with Crippen molar-refractivity contribution in [1.82, 2.24) is 0 Å². The van der Waals surface area contributed by atoms with Crippen LogP contribution in [0.25, 0.3) is 0 Å². The average molecular weight is 280 g/mol. The third kappa shape index (κ3) is 2.84. The van der Waals surface area contributed by atoms with Crippen molar-refractivity contribution in [2.75, 3.05) is 0 Å². The van der Waals surface area contributed by atoms with Crippen LogP contribution in [0.15, 0.2) is 42.5 Å². The summed E-state index contributed by atoms with van der Waals surface area (Å²) in [5.74, 6) is 0. The first-order chi connectivity index (χ1) is 8.58. The smallest absolute Gasteiger partial charge is 0.235 e. The summed E-state index contributed by atoms with van der Waals surface area (Å²) in [7, 11) is 0. The van der Waals surface area contributed by atoms with E-state index in [2.05, 4.69) is 0 Å². The standard InChI is InChI=1S/C14H11Cl2NO/c1-10-3-2-4-13(14(10)16)17(18)9-11-5-7-12(15)8-6-11/h2-9H,1H3. The van der Waals surface area contributed by atoms with E-state index in [4.69, 9.17) is 23.2 Å². The number of aryl methyl sites for hydroxylation is 1. The predicted octanol–water partition coefficient (Wildman–Crippen LogP) is 4.56. The fraction of sp³-hybridized carbons (Fsp3) is 0.0714. The van der Waals surface area contributed by atoms with Gasteiger partial charge in [-0.3, -0.25) is 0 Å². The first kappa shape index (κ1) is 12.9. The van der Waals surface area contributed by atoms with Gasteiger partial charge in [0.1, 0.15) is 5.02 Å². The van der Waals surface area contributed by atoms with Crippen LogP contribution in [0.3, 0.4) is 0 Å². The number of hydrogen-bond donors (Lipinski definition) is 0. The van der Waals surface area contributed by atoms with Crippen LogP contribution in [-0.2, 0) is 0 Å². The molecule has 0 unspecified atom stereocenters. The molecule has 2 aromatic rings. The second-order valence-corrected chi connectivity index (χ2v) is 4.73. The largest absolute Gasteiger partial charge is 0.618 e. The fourth-order valence-electron chi connectivity index (χ4n) is 1.56. The third-order valence-electron chi connectivity index (χ3n) is 2.55. The minimum Gasteiger partial charge on any atom is -0.618 e. The maximum absolute atomic E-state index is 12.0. The van der Waals surface area contributed by atoms with Crippen molar-refractivity contribution in [3.05, 3.63) is 68.8 Å². The molecule has 0 aromatic heterocycles. The molecule has 0 aliphatic heterocycles. The zero-order valence-electron chi connectivity index (χ0n) is 9.73. The maximum atomic E-state index is 12.0. The van der Waals surface area contributed by atoms with Gasteiger partial charge in [0, 0.05) is 16.7 Å². The molecule has 4 heteroatoms. The fourth-order valence-corrected chi connectivity index (χ4v) is 1.89. The van der Waals surface area contributed by atoms with Gasteiger partial charge in [-0.2, -0.15) is 4.74 Å². The SMILES string of the molecule is Cc1cccc([N+]([O-])=Cc2ccc(Cl)cc2)c1Cl. The molecule has 0 radical (unpaired) electrons. The summed E-state index contributed by atoms with van der Waals surface area (Å²) in [4.78, 5) is 0. The van der Waals surface area contributed by atoms with Crippen molar-refractivity contribution in [3.8, 4) is 0 Å². The van der Waals surface area contributed by atoms with Gasteiger partial charge < -0.3 is 5.21 Å². The Morgan fingerprint density at radius 2 is 1.72 bits per heavy atom. The minimum absolute atomic E-state index is 0.437. The lowest BCUT2D eigenvalue weighted by atomic mass is 10.2. The molecule has 0 atom stereocenters. The Hall–Kier alpha value is -1.51. The first-order valence-electron chi connectivity index (χ1n) is 5.40. The predicted molar refractivity (Wildman–Crippen MR) is 76.1 cm³/mol. The average Bonchev–Trinajstić information content (AvgIpc) is 2.35. The molecule has 0 bridgehead atoms. The lowest BCUT2D eigenvalue weighted by Crippen LogP contribution is -1.99. The van der Waals surface area contributed by atoms with Crippen LogP contribution in [0.4, 0.5) is 5.69 Å². The summed E-state index contributed by atoms with van der Waals surface area (Å²) in [6, 6.07) is 12.4. The van der Waals surface area contributed by atoms with Gasteiger partial charge in [-0.05, 0) is 36.8 Å². The van der Waals surface area contributed by atoms with Crippen molar-refractivity contribution in [1.29, 1.82) is 0 Å². The zero-order valence-corrected chi connectivity index (χ0v) is 11.2. The van der Waals surface area contributed by atoms with Crippen molar-refractivity contribution in [3.63, 3.8) is 0 Å². The number of rotatable bonds is 2. The minimum atomic E-state index is 0.437. The third-order valence-corrected chi connectivity index (χ3v) is 3.29. The Morgan fingerprint density at radius 3 is 2.39 bits per heavy atom. The lowest BCUT2D eigenvalue weighted by Gasteiger charge is -2.06. The maximum Gasteiger partial charge on any atom is 0.235 e. The molecule has 0 aliphatic carbocycles. The molecule has 0 aliphatic rings. The molecule has 92 valence electrons. The summed E-state index contributed by atoms with van der Waals surface area (Å²) in [5.41, 5.74) is 2.08. The van der Waals surface area contributed by atoms with Gasteiger partial charge >= 0.3 is 0 Å². The van der Waals surface area contributed by atoms with E-state index in [1.165, 1.54) is 6.21 Å². The van der Waals surface area contributed by atoms with E-state index in [0.717, 1.165) is 15.9 Å². The Kier molecular flexibility index (Phi) is 3.90. The molecule has 0 spiro atoms. The first-order valence-corrected chi connectivity index (χ1v) is 6.15. The highest BCUT2D eigenvalue weighted by Gasteiger charge is 2.09. The van der Waals surface area contributed by atoms with Crippen molar-refractivity contribution < 1.29 is 4.74 Å². The molecule has 2 rings (SSSR count). The van der Waals surface area contributed by atoms with Crippen LogP contribution in [0.2, 0.25) is 10.0 Å². The lowest BCUT2D eigenvalue weighted by molar-refractivity contribution is -0.354. The molecule has 0 saturated carbocycles. The highest BCUT2D eigenvalue weighted by atomic mass is 35.5. The summed E-state index contributed by atoms with van der Waals surface area (Å²) >= 11 is 11.9. The number of hydrogen-bond acceptors (Lipinski definition) is 1. The van der Waals surface area contributed by atoms with Crippen LogP contribution < -0.4 is 0 Å². The molecular weight excluding hydrogens is 269 g/mol. The second-order valence-electron chi connectivity index (χ2n) is 3.91. The van der Waals surface area contributed by atoms with E-state index in [0.29, 0.717) is 15.7 Å². The zero-order chi connectivity index (χ0) is 13.1. The molecule has 0 amide bonds. The molecular formula is C14H11Cl2NO. The summed E-state index contributed by atoms with van der Waals surface area (Å²) in [5, 5.41) is 13.1. The van der Waals surface area contributed by atoms with E-state index in [1.807, 2.05) is 13.0 Å². The van der Waals surface area contributed by atoms with Crippen molar-refractivity contribution in [2.45, 2.75) is 6.92 Å². The topological polar surface area (TPSA) is 26.1 Å². The van der Waals surface area contributed by atoms with Crippen LogP contribution in [0.1, 0.15) is 11.1 Å². The van der Waals surface area contributed by atoms with Gasteiger partial charge in [0.2, 0.25) is 5.69 Å². The van der Waals surface area contributed by atoms with Crippen LogP contribution >= 0.6 is 23.2 Å². The Labute approximate surface area is 116 Å². The van der Waals surface area contributed by atoms with E-state index in [-0.39, 0.29) is 0 Å². The normalized spacial score (nSPS) is 11.6. The number of nitrogens with zero attached hydrogens (tertiary/aromatic N) is 1. The van der Waals surface area contributed by atoms with Crippen molar-refractivity contribution >= 4 is 35.1 Å². The number of benzene rings is 2. The number of halogens is 2. The Morgan fingerprint density at radius 1 is 1.06 bits per heavy atom. The molecule has 0 saturated heterocycles. The van der Waals surface area contributed by atoms with Gasteiger partial charge in [0.05, 0.1) is 0 Å². The van der Waals surface area contributed by atoms with Gasteiger partial charge in [0.15, 0.2) is 6.21 Å². The summed E-state index contributed by atoms with van der Waals surface area (Å²) in [6.45, 7) is 1.86. The van der Waals surface area contributed by atoms with Gasteiger partial charge in [-0.1, -0.05) is 35.3 Å². The highest BCUT2D eigenvalue weighted by molar-refractivity contribution is 6.33. The monoisotopic (exact) mass is 279 g/mol. The van der Waals surface area contributed by atoms with E-state index in [1.54, 1.807) is 36.4 Å². The van der Waals surface area contributed by atoms with E-state index >= 15 is 0 Å². The van der Waals surface area contributed by atoms with Crippen LogP contribution in [0, 0.1) is 12.1 Å². The molecule has 0 heterocycles. The van der Waals surface area contributed by atoms with E-state index < -0.39 is 0 Å². The van der Waals surface area contributed by atoms with Crippen LogP contribution in [0.5, 0.6) is 0 Å². The van der Waals surface area contributed by atoms with Gasteiger partial charge in [-0.25, -0.2) is 0 Å². The molecule has 2 nitrogen and oxygen atoms in total. The highest BCUT2D eigenvalue weighted by Crippen LogP contribution is 2.27. The molecule has 2 aromatic carbocycles. The summed E-state index contributed by atoms with van der Waals surface area (Å²) < 4.78 is 0.762. The summed E-state index contributed by atoms with van der Waals surface area (Å²) in [6.07, 6.45) is 1.47.